The third-order valence-corrected chi connectivity index (χ3v) is 7.13. The summed E-state index contributed by atoms with van der Waals surface area (Å²) in [5.41, 5.74) is 7.09. The van der Waals surface area contributed by atoms with E-state index < -0.39 is 0 Å². The fourth-order valence-corrected chi connectivity index (χ4v) is 5.08. The molecule has 1 N–H and O–H groups in total. The van der Waals surface area contributed by atoms with Gasteiger partial charge in [-0.05, 0) is 98.8 Å². The van der Waals surface area contributed by atoms with Crippen molar-refractivity contribution in [1.29, 1.82) is 0 Å². The molecule has 4 nitrogen and oxygen atoms in total. The fourth-order valence-electron chi connectivity index (χ4n) is 4.25. The Morgan fingerprint density at radius 1 is 1.20 bits per heavy atom. The van der Waals surface area contributed by atoms with Crippen molar-refractivity contribution in [1.82, 2.24) is 5.32 Å². The van der Waals surface area contributed by atoms with Gasteiger partial charge in [-0.2, -0.15) is 0 Å². The molecule has 2 heterocycles. The lowest BCUT2D eigenvalue weighted by atomic mass is 9.79. The number of fused-ring (bicyclic) bond motifs is 1. The molecule has 0 aliphatic carbocycles. The third-order valence-electron chi connectivity index (χ3n) is 6.22. The summed E-state index contributed by atoms with van der Waals surface area (Å²) in [5, 5.41) is 3.52. The second-order valence-electron chi connectivity index (χ2n) is 9.06. The van der Waals surface area contributed by atoms with E-state index in [-0.39, 0.29) is 11.4 Å². The van der Waals surface area contributed by atoms with Crippen molar-refractivity contribution in [3.8, 4) is 0 Å². The minimum Gasteiger partial charge on any atom is -0.369 e. The van der Waals surface area contributed by atoms with Crippen LogP contribution in [-0.2, 0) is 4.79 Å². The molecular formula is C25H29N3OS. The van der Waals surface area contributed by atoms with Gasteiger partial charge in [0.25, 0.3) is 5.91 Å². The first kappa shape index (κ1) is 20.7. The molecule has 1 unspecified atom stereocenters. The van der Waals surface area contributed by atoms with Crippen molar-refractivity contribution in [2.45, 2.75) is 52.5 Å². The molecule has 2 aliphatic heterocycles. The number of amides is 1. The van der Waals surface area contributed by atoms with Gasteiger partial charge in [-0.3, -0.25) is 4.79 Å². The molecule has 0 saturated carbocycles. The molecule has 1 atom stereocenters. The zero-order valence-corrected chi connectivity index (χ0v) is 19.4. The van der Waals surface area contributed by atoms with E-state index in [4.69, 9.17) is 0 Å². The number of thioether (sulfide) groups is 1. The maximum atomic E-state index is 12.5. The topological polar surface area (TPSA) is 44.7 Å². The first-order valence-electron chi connectivity index (χ1n) is 10.4. The Morgan fingerprint density at radius 2 is 1.90 bits per heavy atom. The molecule has 2 aromatic rings. The van der Waals surface area contributed by atoms with Crippen LogP contribution in [0, 0.1) is 13.8 Å². The molecule has 1 fully saturated rings. The summed E-state index contributed by atoms with van der Waals surface area (Å²) in [5.74, 6) is 0.391. The van der Waals surface area contributed by atoms with Gasteiger partial charge in [0.05, 0.1) is 10.6 Å². The molecule has 0 bridgehead atoms. The maximum Gasteiger partial charge on any atom is 0.264 e. The number of carbonyl (C=O) groups excluding carboxylic acids is 1. The number of carbonyl (C=O) groups is 1. The summed E-state index contributed by atoms with van der Waals surface area (Å²) in [7, 11) is 2.18. The van der Waals surface area contributed by atoms with Crippen LogP contribution in [0.1, 0.15) is 55.4 Å². The minimum atomic E-state index is -0.0886. The first-order valence-corrected chi connectivity index (χ1v) is 11.2. The molecule has 156 valence electrons. The average Bonchev–Trinajstić information content (AvgIpc) is 3.01. The number of amidine groups is 1. The van der Waals surface area contributed by atoms with Crippen LogP contribution in [0.2, 0.25) is 0 Å². The highest BCUT2D eigenvalue weighted by molar-refractivity contribution is 8.18. The zero-order valence-electron chi connectivity index (χ0n) is 18.5. The summed E-state index contributed by atoms with van der Waals surface area (Å²) in [6.45, 7) is 11.1. The van der Waals surface area contributed by atoms with Crippen LogP contribution in [0.15, 0.2) is 46.3 Å². The maximum absolute atomic E-state index is 12.5. The highest BCUT2D eigenvalue weighted by atomic mass is 32.2. The lowest BCUT2D eigenvalue weighted by Crippen LogP contribution is -2.45. The fraction of sp³-hybridized carbons (Fsp3) is 0.360. The highest BCUT2D eigenvalue weighted by Gasteiger charge is 2.34. The number of nitrogens with zero attached hydrogens (tertiary/aromatic N) is 2. The van der Waals surface area contributed by atoms with Gasteiger partial charge in [-0.15, -0.1) is 0 Å². The van der Waals surface area contributed by atoms with Crippen LogP contribution in [0.4, 0.5) is 11.4 Å². The highest BCUT2D eigenvalue weighted by Crippen LogP contribution is 2.44. The molecule has 4 rings (SSSR count). The van der Waals surface area contributed by atoms with Crippen LogP contribution in [0.3, 0.4) is 0 Å². The smallest absolute Gasteiger partial charge is 0.264 e. The van der Waals surface area contributed by atoms with Crippen molar-refractivity contribution in [3.63, 3.8) is 0 Å². The number of hydrogen-bond acceptors (Lipinski definition) is 4. The number of nitrogens with one attached hydrogen (secondary N) is 1. The number of rotatable bonds is 2. The quantitative estimate of drug-likeness (QED) is 0.615. The minimum absolute atomic E-state index is 0.0886. The van der Waals surface area contributed by atoms with E-state index in [9.17, 15) is 4.79 Å². The van der Waals surface area contributed by atoms with Crippen LogP contribution in [0.5, 0.6) is 0 Å². The SMILES string of the molecule is Cc1ccc(N=C2NC(=O)/C(=C/c3cc4c(cc3C)N(C)C(C)(C)CC4C)S2)cc1. The lowest BCUT2D eigenvalue weighted by Gasteiger charge is -2.45. The predicted molar refractivity (Wildman–Crippen MR) is 129 cm³/mol. The van der Waals surface area contributed by atoms with Gasteiger partial charge in [-0.25, -0.2) is 4.99 Å². The van der Waals surface area contributed by atoms with E-state index in [0.29, 0.717) is 16.0 Å². The van der Waals surface area contributed by atoms with Crippen molar-refractivity contribution < 1.29 is 4.79 Å². The molecule has 0 spiro atoms. The summed E-state index contributed by atoms with van der Waals surface area (Å²) in [4.78, 5) is 20.2. The van der Waals surface area contributed by atoms with E-state index in [1.165, 1.54) is 34.1 Å². The molecule has 1 saturated heterocycles. The van der Waals surface area contributed by atoms with Gasteiger partial charge < -0.3 is 10.2 Å². The van der Waals surface area contributed by atoms with E-state index >= 15 is 0 Å². The van der Waals surface area contributed by atoms with E-state index in [1.54, 1.807) is 0 Å². The molecule has 30 heavy (non-hydrogen) atoms. The number of aliphatic imine (C=N–C) groups is 1. The average molecular weight is 420 g/mol. The summed E-state index contributed by atoms with van der Waals surface area (Å²) >= 11 is 1.40. The Labute approximate surface area is 183 Å². The van der Waals surface area contributed by atoms with Crippen LogP contribution in [0.25, 0.3) is 6.08 Å². The molecule has 0 radical (unpaired) electrons. The van der Waals surface area contributed by atoms with Crippen molar-refractivity contribution in [2.24, 2.45) is 4.99 Å². The molecule has 2 aromatic carbocycles. The Morgan fingerprint density at radius 3 is 2.60 bits per heavy atom. The number of aryl methyl sites for hydroxylation is 2. The van der Waals surface area contributed by atoms with E-state index in [0.717, 1.165) is 17.7 Å². The third kappa shape index (κ3) is 3.91. The second kappa shape index (κ2) is 7.62. The van der Waals surface area contributed by atoms with Crippen molar-refractivity contribution in [2.75, 3.05) is 11.9 Å². The monoisotopic (exact) mass is 419 g/mol. The van der Waals surface area contributed by atoms with Crippen molar-refractivity contribution in [3.05, 3.63) is 63.6 Å². The first-order chi connectivity index (χ1) is 14.1. The zero-order chi connectivity index (χ0) is 21.6. The summed E-state index contributed by atoms with van der Waals surface area (Å²) in [6, 6.07) is 12.5. The molecular weight excluding hydrogens is 390 g/mol. The van der Waals surface area contributed by atoms with Gasteiger partial charge in [0.1, 0.15) is 0 Å². The summed E-state index contributed by atoms with van der Waals surface area (Å²) in [6.07, 6.45) is 3.11. The van der Waals surface area contributed by atoms with Crippen LogP contribution in [-0.4, -0.2) is 23.7 Å². The number of anilines is 1. The molecule has 2 aliphatic rings. The van der Waals surface area contributed by atoms with Gasteiger partial charge >= 0.3 is 0 Å². The van der Waals surface area contributed by atoms with E-state index in [1.807, 2.05) is 37.3 Å². The van der Waals surface area contributed by atoms with Gasteiger partial charge in [0, 0.05) is 18.3 Å². The molecule has 5 heteroatoms. The predicted octanol–water partition coefficient (Wildman–Crippen LogP) is 5.92. The molecule has 0 aromatic heterocycles. The number of benzene rings is 2. The van der Waals surface area contributed by atoms with Gasteiger partial charge in [0.2, 0.25) is 0 Å². The Bertz CT molecular complexity index is 1070. The van der Waals surface area contributed by atoms with Gasteiger partial charge in [0.15, 0.2) is 5.17 Å². The Hall–Kier alpha value is -2.53. The Balaban J connectivity index is 1.64. The number of hydrogen-bond donors (Lipinski definition) is 1. The van der Waals surface area contributed by atoms with Crippen LogP contribution >= 0.6 is 11.8 Å². The normalized spacial score (nSPS) is 23.1. The Kier molecular flexibility index (Phi) is 5.27. The van der Waals surface area contributed by atoms with Gasteiger partial charge in [-0.1, -0.05) is 24.6 Å². The summed E-state index contributed by atoms with van der Waals surface area (Å²) < 4.78 is 0. The largest absolute Gasteiger partial charge is 0.369 e. The van der Waals surface area contributed by atoms with Crippen molar-refractivity contribution >= 4 is 40.3 Å². The van der Waals surface area contributed by atoms with Crippen LogP contribution < -0.4 is 10.2 Å². The standard InChI is InChI=1S/C25H29N3OS/c1-15-7-9-19(10-8-15)26-24-27-23(29)22(30-24)13-18-12-20-17(3)14-25(4,5)28(6)21(20)11-16(18)2/h7-13,17H,14H2,1-6H3,(H,26,27,29)/b22-13-. The second-order valence-corrected chi connectivity index (χ2v) is 10.1. The molecule has 1 amide bonds. The van der Waals surface area contributed by atoms with E-state index in [2.05, 4.69) is 62.1 Å². The lowest BCUT2D eigenvalue weighted by molar-refractivity contribution is -0.115.